The van der Waals surface area contributed by atoms with Gasteiger partial charge < -0.3 is 25.4 Å². The van der Waals surface area contributed by atoms with Crippen LogP contribution in [0, 0.1) is 5.41 Å². The Hall–Kier alpha value is -1.47. The summed E-state index contributed by atoms with van der Waals surface area (Å²) in [5.41, 5.74) is -0.937. The van der Waals surface area contributed by atoms with Crippen LogP contribution in [0.1, 0.15) is 34.1 Å². The normalized spacial score (nSPS) is 11.9. The molecule has 0 aliphatic carbocycles. The lowest BCUT2D eigenvalue weighted by molar-refractivity contribution is -0.138. The standard InChI is InChI=1S/C9H17NO5.C3H6O/c1-9(2,5-11)7(14)8(15)10-4-3-6(12)13;1-3(2)4/h7,11,14H,3-5H2,1-2H3,(H,10,15)(H,12,13);1-2H3/t7-;/m0./s1. The summed E-state index contributed by atoms with van der Waals surface area (Å²) in [6, 6.07) is 0. The first-order chi connectivity index (χ1) is 8.54. The quantitative estimate of drug-likeness (QED) is 0.521. The van der Waals surface area contributed by atoms with Crippen molar-refractivity contribution in [3.63, 3.8) is 0 Å². The number of hydrogen-bond donors (Lipinski definition) is 4. The lowest BCUT2D eigenvalue weighted by atomic mass is 9.87. The van der Waals surface area contributed by atoms with Crippen LogP contribution in [0.4, 0.5) is 0 Å². The molecule has 0 saturated heterocycles. The zero-order valence-corrected chi connectivity index (χ0v) is 11.8. The molecule has 0 aromatic heterocycles. The number of carbonyl (C=O) groups excluding carboxylic acids is 2. The lowest BCUT2D eigenvalue weighted by Crippen LogP contribution is -2.45. The Morgan fingerprint density at radius 3 is 1.95 bits per heavy atom. The number of hydrogen-bond acceptors (Lipinski definition) is 5. The number of Topliss-reactive ketones (excluding diaryl/α,β-unsaturated/α-hetero) is 1. The van der Waals surface area contributed by atoms with E-state index in [1.807, 2.05) is 0 Å². The lowest BCUT2D eigenvalue weighted by Gasteiger charge is -2.26. The van der Waals surface area contributed by atoms with Gasteiger partial charge in [-0.25, -0.2) is 0 Å². The van der Waals surface area contributed by atoms with Gasteiger partial charge >= 0.3 is 5.97 Å². The van der Waals surface area contributed by atoms with Crippen LogP contribution in [0.3, 0.4) is 0 Å². The number of rotatable bonds is 6. The van der Waals surface area contributed by atoms with Gasteiger partial charge in [-0.15, -0.1) is 0 Å². The van der Waals surface area contributed by atoms with Gasteiger partial charge in [-0.1, -0.05) is 13.8 Å². The van der Waals surface area contributed by atoms with Gasteiger partial charge in [0, 0.05) is 12.0 Å². The molecule has 0 spiro atoms. The fourth-order valence-corrected chi connectivity index (χ4v) is 0.831. The highest BCUT2D eigenvalue weighted by Crippen LogP contribution is 2.19. The van der Waals surface area contributed by atoms with Crippen molar-refractivity contribution in [3.8, 4) is 0 Å². The highest BCUT2D eigenvalue weighted by atomic mass is 16.4. The maximum Gasteiger partial charge on any atom is 0.305 e. The molecule has 0 fully saturated rings. The molecule has 4 N–H and O–H groups in total. The van der Waals surface area contributed by atoms with Crippen LogP contribution in [-0.4, -0.2) is 52.2 Å². The fourth-order valence-electron chi connectivity index (χ4n) is 0.831. The number of nitrogens with one attached hydrogen (secondary N) is 1. The third-order valence-corrected chi connectivity index (χ3v) is 2.03. The maximum atomic E-state index is 11.3. The van der Waals surface area contributed by atoms with Crippen LogP contribution in [0.25, 0.3) is 0 Å². The molecule has 0 rings (SSSR count). The second-order valence-electron chi connectivity index (χ2n) is 4.89. The minimum absolute atomic E-state index is 0.0350. The van der Waals surface area contributed by atoms with E-state index in [-0.39, 0.29) is 25.4 Å². The van der Waals surface area contributed by atoms with Gasteiger partial charge in [-0.05, 0) is 13.8 Å². The summed E-state index contributed by atoms with van der Waals surface area (Å²) in [7, 11) is 0. The van der Waals surface area contributed by atoms with E-state index in [2.05, 4.69) is 5.32 Å². The van der Waals surface area contributed by atoms with Crippen LogP contribution in [-0.2, 0) is 14.4 Å². The fraction of sp³-hybridized carbons (Fsp3) is 0.750. The average Bonchev–Trinajstić information content (AvgIpc) is 2.26. The first kappa shape index (κ1) is 19.9. The van der Waals surface area contributed by atoms with Crippen molar-refractivity contribution in [3.05, 3.63) is 0 Å². The van der Waals surface area contributed by atoms with Crippen molar-refractivity contribution in [2.75, 3.05) is 13.2 Å². The number of aliphatic carboxylic acids is 1. The Bertz CT molecular complexity index is 309. The Labute approximate surface area is 112 Å². The van der Waals surface area contributed by atoms with E-state index in [1.165, 1.54) is 27.7 Å². The van der Waals surface area contributed by atoms with Crippen molar-refractivity contribution in [2.45, 2.75) is 40.2 Å². The van der Waals surface area contributed by atoms with Gasteiger partial charge in [0.1, 0.15) is 11.9 Å². The number of carboxylic acids is 1. The van der Waals surface area contributed by atoms with E-state index in [0.29, 0.717) is 0 Å². The van der Waals surface area contributed by atoms with Crippen LogP contribution in [0.2, 0.25) is 0 Å². The predicted molar refractivity (Wildman–Crippen MR) is 68.5 cm³/mol. The average molecular weight is 277 g/mol. The zero-order chi connectivity index (χ0) is 15.6. The highest BCUT2D eigenvalue weighted by molar-refractivity contribution is 5.81. The molecule has 0 aromatic carbocycles. The van der Waals surface area contributed by atoms with Gasteiger partial charge in [-0.3, -0.25) is 9.59 Å². The molecule has 1 atom stereocenters. The van der Waals surface area contributed by atoms with Crippen molar-refractivity contribution in [2.24, 2.45) is 5.41 Å². The number of carboxylic acid groups (broad SMARTS) is 1. The molecule has 112 valence electrons. The Kier molecular flexibility index (Phi) is 9.89. The molecule has 0 aromatic rings. The van der Waals surface area contributed by atoms with Crippen LogP contribution >= 0.6 is 0 Å². The molecule has 1 amide bonds. The minimum Gasteiger partial charge on any atom is -0.481 e. The van der Waals surface area contributed by atoms with E-state index in [0.717, 1.165) is 0 Å². The summed E-state index contributed by atoms with van der Waals surface area (Å²) in [5.74, 6) is -1.53. The summed E-state index contributed by atoms with van der Waals surface area (Å²) in [6.45, 7) is 5.76. The van der Waals surface area contributed by atoms with Crippen molar-refractivity contribution < 1.29 is 29.7 Å². The number of amides is 1. The SMILES string of the molecule is CC(C)(CO)[C@@H](O)C(=O)NCCC(=O)O.CC(C)=O. The summed E-state index contributed by atoms with van der Waals surface area (Å²) in [6.07, 6.45) is -1.55. The number of carbonyl (C=O) groups is 3. The van der Waals surface area contributed by atoms with Gasteiger partial charge in [0.05, 0.1) is 13.0 Å². The molecule has 7 heteroatoms. The summed E-state index contributed by atoms with van der Waals surface area (Å²) < 4.78 is 0. The molecule has 0 heterocycles. The minimum atomic E-state index is -1.35. The highest BCUT2D eigenvalue weighted by Gasteiger charge is 2.32. The van der Waals surface area contributed by atoms with Gasteiger partial charge in [-0.2, -0.15) is 0 Å². The molecule has 0 bridgehead atoms. The molecule has 0 saturated carbocycles. The molecular formula is C12H23NO6. The van der Waals surface area contributed by atoms with Gasteiger partial charge in [0.2, 0.25) is 5.91 Å². The third-order valence-electron chi connectivity index (χ3n) is 2.03. The monoisotopic (exact) mass is 277 g/mol. The van der Waals surface area contributed by atoms with Crippen molar-refractivity contribution >= 4 is 17.7 Å². The first-order valence-electron chi connectivity index (χ1n) is 5.80. The second kappa shape index (κ2) is 9.46. The van der Waals surface area contributed by atoms with Crippen LogP contribution in [0.15, 0.2) is 0 Å². The Balaban J connectivity index is 0. The third kappa shape index (κ3) is 11.4. The summed E-state index contributed by atoms with van der Waals surface area (Å²) >= 11 is 0. The van der Waals surface area contributed by atoms with Crippen LogP contribution in [0.5, 0.6) is 0 Å². The van der Waals surface area contributed by atoms with Gasteiger partial charge in [0.15, 0.2) is 0 Å². The molecule has 19 heavy (non-hydrogen) atoms. The van der Waals surface area contributed by atoms with E-state index < -0.39 is 23.4 Å². The largest absolute Gasteiger partial charge is 0.481 e. The molecule has 0 aliphatic rings. The Morgan fingerprint density at radius 2 is 1.63 bits per heavy atom. The molecular weight excluding hydrogens is 254 g/mol. The molecule has 0 radical (unpaired) electrons. The maximum absolute atomic E-state index is 11.3. The smallest absolute Gasteiger partial charge is 0.305 e. The predicted octanol–water partition coefficient (Wildman–Crippen LogP) is -0.448. The molecule has 0 aliphatic heterocycles. The Morgan fingerprint density at radius 1 is 1.21 bits per heavy atom. The molecule has 0 unspecified atom stereocenters. The first-order valence-corrected chi connectivity index (χ1v) is 5.80. The van der Waals surface area contributed by atoms with Crippen molar-refractivity contribution in [1.82, 2.24) is 5.32 Å². The second-order valence-corrected chi connectivity index (χ2v) is 4.89. The van der Waals surface area contributed by atoms with Crippen molar-refractivity contribution in [1.29, 1.82) is 0 Å². The number of ketones is 1. The number of aliphatic hydroxyl groups excluding tert-OH is 2. The molecule has 7 nitrogen and oxygen atoms in total. The topological polar surface area (TPSA) is 124 Å². The summed E-state index contributed by atoms with van der Waals surface area (Å²) in [5, 5.41) is 29.0. The van der Waals surface area contributed by atoms with E-state index in [9.17, 15) is 19.5 Å². The van der Waals surface area contributed by atoms with E-state index >= 15 is 0 Å². The van der Waals surface area contributed by atoms with Gasteiger partial charge in [0.25, 0.3) is 0 Å². The van der Waals surface area contributed by atoms with E-state index in [4.69, 9.17) is 10.2 Å². The van der Waals surface area contributed by atoms with Crippen LogP contribution < -0.4 is 5.32 Å². The van der Waals surface area contributed by atoms with E-state index in [1.54, 1.807) is 0 Å². The summed E-state index contributed by atoms with van der Waals surface area (Å²) in [4.78, 5) is 30.9. The number of aliphatic hydroxyl groups is 2. The zero-order valence-electron chi connectivity index (χ0n) is 11.8.